The van der Waals surface area contributed by atoms with Gasteiger partial charge in [-0.2, -0.15) is 0 Å². The molecule has 1 aliphatic heterocycles. The summed E-state index contributed by atoms with van der Waals surface area (Å²) in [6, 6.07) is 1.99. The molecule has 0 aliphatic carbocycles. The van der Waals surface area contributed by atoms with Gasteiger partial charge in [0.15, 0.2) is 0 Å². The van der Waals surface area contributed by atoms with Gasteiger partial charge in [0, 0.05) is 38.6 Å². The predicted molar refractivity (Wildman–Crippen MR) is 76.2 cm³/mol. The molecule has 0 saturated carbocycles. The van der Waals surface area contributed by atoms with Gasteiger partial charge in [0.1, 0.15) is 0 Å². The largest absolute Gasteiger partial charge is 0.336 e. The molecular weight excluding hydrogens is 238 g/mol. The van der Waals surface area contributed by atoms with E-state index in [2.05, 4.69) is 17.2 Å². The molecule has 1 amide bonds. The average Bonchev–Trinajstić information content (AvgIpc) is 2.48. The number of piperazine rings is 1. The van der Waals surface area contributed by atoms with Crippen LogP contribution in [0.5, 0.6) is 0 Å². The van der Waals surface area contributed by atoms with Crippen LogP contribution in [-0.2, 0) is 6.42 Å². The van der Waals surface area contributed by atoms with Gasteiger partial charge in [-0.15, -0.1) is 0 Å². The standard InChI is InChI=1S/C15H23N3O/c1-2-3-4-5-13-6-7-17-12-14(13)15(19)18-10-8-16-9-11-18/h6-7,12,16H,2-5,8-11H2,1H3. The molecule has 19 heavy (non-hydrogen) atoms. The highest BCUT2D eigenvalue weighted by molar-refractivity contribution is 5.95. The fourth-order valence-electron chi connectivity index (χ4n) is 2.44. The maximum atomic E-state index is 12.5. The minimum Gasteiger partial charge on any atom is -0.336 e. The molecule has 1 aliphatic rings. The van der Waals surface area contributed by atoms with Crippen molar-refractivity contribution in [3.8, 4) is 0 Å². The second kappa shape index (κ2) is 7.24. The van der Waals surface area contributed by atoms with Gasteiger partial charge in [-0.05, 0) is 24.5 Å². The number of nitrogens with zero attached hydrogens (tertiary/aromatic N) is 2. The number of rotatable bonds is 5. The lowest BCUT2D eigenvalue weighted by Crippen LogP contribution is -2.46. The molecule has 0 bridgehead atoms. The number of aromatic nitrogens is 1. The van der Waals surface area contributed by atoms with E-state index in [1.807, 2.05) is 11.0 Å². The summed E-state index contributed by atoms with van der Waals surface area (Å²) in [5.41, 5.74) is 1.94. The number of carbonyl (C=O) groups is 1. The first-order valence-corrected chi connectivity index (χ1v) is 7.26. The van der Waals surface area contributed by atoms with Crippen LogP contribution in [0, 0.1) is 0 Å². The van der Waals surface area contributed by atoms with Crippen molar-refractivity contribution in [1.29, 1.82) is 0 Å². The highest BCUT2D eigenvalue weighted by atomic mass is 16.2. The summed E-state index contributed by atoms with van der Waals surface area (Å²) in [4.78, 5) is 18.6. The molecule has 1 aromatic heterocycles. The number of pyridine rings is 1. The molecule has 0 atom stereocenters. The first kappa shape index (κ1) is 14.0. The third-order valence-electron chi connectivity index (χ3n) is 3.60. The Kier molecular flexibility index (Phi) is 5.33. The molecule has 104 valence electrons. The van der Waals surface area contributed by atoms with Crippen molar-refractivity contribution in [3.63, 3.8) is 0 Å². The Labute approximate surface area is 115 Å². The second-order valence-electron chi connectivity index (χ2n) is 5.03. The van der Waals surface area contributed by atoms with Gasteiger partial charge in [0.25, 0.3) is 5.91 Å². The molecular formula is C15H23N3O. The Hall–Kier alpha value is -1.42. The summed E-state index contributed by atoms with van der Waals surface area (Å²) in [7, 11) is 0. The van der Waals surface area contributed by atoms with Crippen LogP contribution >= 0.6 is 0 Å². The van der Waals surface area contributed by atoms with E-state index in [0.717, 1.165) is 50.1 Å². The summed E-state index contributed by atoms with van der Waals surface area (Å²) in [6.07, 6.45) is 8.04. The fraction of sp³-hybridized carbons (Fsp3) is 0.600. The molecule has 0 aromatic carbocycles. The Morgan fingerprint density at radius 2 is 2.16 bits per heavy atom. The first-order chi connectivity index (χ1) is 9.33. The van der Waals surface area contributed by atoms with Crippen LogP contribution in [0.25, 0.3) is 0 Å². The van der Waals surface area contributed by atoms with Gasteiger partial charge in [0.2, 0.25) is 0 Å². The van der Waals surface area contributed by atoms with E-state index in [-0.39, 0.29) is 5.91 Å². The minimum atomic E-state index is 0.140. The monoisotopic (exact) mass is 261 g/mol. The molecule has 1 aromatic rings. The molecule has 4 heteroatoms. The predicted octanol–water partition coefficient (Wildman–Crippen LogP) is 1.86. The highest BCUT2D eigenvalue weighted by Gasteiger charge is 2.20. The van der Waals surface area contributed by atoms with Crippen LogP contribution in [0.3, 0.4) is 0 Å². The molecule has 1 saturated heterocycles. The van der Waals surface area contributed by atoms with Gasteiger partial charge < -0.3 is 10.2 Å². The fourth-order valence-corrected chi connectivity index (χ4v) is 2.44. The molecule has 1 fully saturated rings. The van der Waals surface area contributed by atoms with Crippen molar-refractivity contribution in [2.24, 2.45) is 0 Å². The number of carbonyl (C=O) groups excluding carboxylic acids is 1. The van der Waals surface area contributed by atoms with Gasteiger partial charge >= 0.3 is 0 Å². The van der Waals surface area contributed by atoms with E-state index in [1.54, 1.807) is 12.4 Å². The summed E-state index contributed by atoms with van der Waals surface area (Å²) >= 11 is 0. The summed E-state index contributed by atoms with van der Waals surface area (Å²) in [5, 5.41) is 3.27. The van der Waals surface area contributed by atoms with Crippen molar-refractivity contribution in [2.45, 2.75) is 32.6 Å². The summed E-state index contributed by atoms with van der Waals surface area (Å²) < 4.78 is 0. The van der Waals surface area contributed by atoms with Crippen LogP contribution in [0.4, 0.5) is 0 Å². The van der Waals surface area contributed by atoms with Gasteiger partial charge in [0.05, 0.1) is 5.56 Å². The van der Waals surface area contributed by atoms with E-state index < -0.39 is 0 Å². The Bertz CT molecular complexity index is 414. The summed E-state index contributed by atoms with van der Waals surface area (Å²) in [6.45, 7) is 5.55. The molecule has 4 nitrogen and oxygen atoms in total. The molecule has 2 rings (SSSR count). The Morgan fingerprint density at radius 1 is 1.37 bits per heavy atom. The Morgan fingerprint density at radius 3 is 2.89 bits per heavy atom. The smallest absolute Gasteiger partial charge is 0.255 e. The minimum absolute atomic E-state index is 0.140. The molecule has 0 radical (unpaired) electrons. The first-order valence-electron chi connectivity index (χ1n) is 7.26. The zero-order valence-corrected chi connectivity index (χ0v) is 11.7. The second-order valence-corrected chi connectivity index (χ2v) is 5.03. The van der Waals surface area contributed by atoms with E-state index in [1.165, 1.54) is 12.8 Å². The number of hydrogen-bond acceptors (Lipinski definition) is 3. The number of aryl methyl sites for hydroxylation is 1. The van der Waals surface area contributed by atoms with E-state index in [4.69, 9.17) is 0 Å². The van der Waals surface area contributed by atoms with E-state index in [9.17, 15) is 4.79 Å². The van der Waals surface area contributed by atoms with Crippen LogP contribution in [0.1, 0.15) is 42.1 Å². The van der Waals surface area contributed by atoms with Crippen molar-refractivity contribution >= 4 is 5.91 Å². The van der Waals surface area contributed by atoms with Gasteiger partial charge in [-0.1, -0.05) is 19.8 Å². The Balaban J connectivity index is 2.07. The topological polar surface area (TPSA) is 45.2 Å². The average molecular weight is 261 g/mol. The van der Waals surface area contributed by atoms with Crippen molar-refractivity contribution in [1.82, 2.24) is 15.2 Å². The number of amides is 1. The maximum absolute atomic E-state index is 12.5. The van der Waals surface area contributed by atoms with Crippen LogP contribution in [0.2, 0.25) is 0 Å². The molecule has 1 N–H and O–H groups in total. The molecule has 0 spiro atoms. The van der Waals surface area contributed by atoms with Gasteiger partial charge in [-0.3, -0.25) is 9.78 Å². The van der Waals surface area contributed by atoms with Gasteiger partial charge in [-0.25, -0.2) is 0 Å². The number of nitrogens with one attached hydrogen (secondary N) is 1. The third-order valence-corrected chi connectivity index (χ3v) is 3.60. The van der Waals surface area contributed by atoms with Crippen molar-refractivity contribution in [3.05, 3.63) is 29.6 Å². The van der Waals surface area contributed by atoms with E-state index >= 15 is 0 Å². The zero-order chi connectivity index (χ0) is 13.5. The third kappa shape index (κ3) is 3.77. The lowest BCUT2D eigenvalue weighted by atomic mass is 10.0. The molecule has 2 heterocycles. The highest BCUT2D eigenvalue weighted by Crippen LogP contribution is 2.14. The number of hydrogen-bond donors (Lipinski definition) is 1. The van der Waals surface area contributed by atoms with Crippen molar-refractivity contribution in [2.75, 3.05) is 26.2 Å². The maximum Gasteiger partial charge on any atom is 0.255 e. The van der Waals surface area contributed by atoms with Crippen molar-refractivity contribution < 1.29 is 4.79 Å². The lowest BCUT2D eigenvalue weighted by molar-refractivity contribution is 0.0734. The quantitative estimate of drug-likeness (QED) is 0.823. The number of unbranched alkanes of at least 4 members (excludes halogenated alkanes) is 2. The van der Waals surface area contributed by atoms with Crippen LogP contribution < -0.4 is 5.32 Å². The van der Waals surface area contributed by atoms with Crippen LogP contribution in [0.15, 0.2) is 18.5 Å². The lowest BCUT2D eigenvalue weighted by Gasteiger charge is -2.28. The SMILES string of the molecule is CCCCCc1ccncc1C(=O)N1CCNCC1. The van der Waals surface area contributed by atoms with Crippen LogP contribution in [-0.4, -0.2) is 42.0 Å². The normalized spacial score (nSPS) is 15.5. The van der Waals surface area contributed by atoms with E-state index in [0.29, 0.717) is 0 Å². The summed E-state index contributed by atoms with van der Waals surface area (Å²) in [5.74, 6) is 0.140. The molecule has 0 unspecified atom stereocenters. The zero-order valence-electron chi connectivity index (χ0n) is 11.7.